The van der Waals surface area contributed by atoms with Crippen LogP contribution in [0.25, 0.3) is 0 Å². The Hall–Kier alpha value is -1.02. The molecule has 2 N–H and O–H groups in total. The number of hydrogen-bond acceptors (Lipinski definition) is 6. The van der Waals surface area contributed by atoms with Gasteiger partial charge in [-0.15, -0.1) is 10.2 Å². The number of aryl methyl sites for hydroxylation is 1. The zero-order chi connectivity index (χ0) is 13.5. The minimum Gasteiger partial charge on any atom is -0.390 e. The molecule has 1 aromatic heterocycles. The summed E-state index contributed by atoms with van der Waals surface area (Å²) in [4.78, 5) is 2.23. The van der Waals surface area contributed by atoms with Crippen molar-refractivity contribution >= 4 is 0 Å². The highest BCUT2D eigenvalue weighted by Gasteiger charge is 2.14. The Morgan fingerprint density at radius 3 is 3.00 bits per heavy atom. The largest absolute Gasteiger partial charge is 0.390 e. The minimum absolute atomic E-state index is 0.365. The molecule has 1 atom stereocenters. The molecule has 0 spiro atoms. The molecule has 2 heterocycles. The number of hydrogen-bond donors (Lipinski definition) is 2. The van der Waals surface area contributed by atoms with Gasteiger partial charge >= 0.3 is 0 Å². The van der Waals surface area contributed by atoms with Gasteiger partial charge in [-0.3, -0.25) is 4.90 Å². The molecule has 1 aliphatic heterocycles. The lowest BCUT2D eigenvalue weighted by atomic mass is 10.3. The van der Waals surface area contributed by atoms with Crippen molar-refractivity contribution in [2.75, 3.05) is 39.4 Å². The van der Waals surface area contributed by atoms with Crippen molar-refractivity contribution in [1.29, 1.82) is 0 Å². The van der Waals surface area contributed by atoms with Crippen LogP contribution in [0.3, 0.4) is 0 Å². The van der Waals surface area contributed by atoms with Gasteiger partial charge in [0, 0.05) is 32.7 Å². The quantitative estimate of drug-likeness (QED) is 0.667. The number of rotatable bonds is 7. The fourth-order valence-corrected chi connectivity index (χ4v) is 2.18. The maximum Gasteiger partial charge on any atom is 0.146 e. The molecular formula is C12H23N5O2. The summed E-state index contributed by atoms with van der Waals surface area (Å²) in [6.45, 7) is 8.14. The second-order valence-electron chi connectivity index (χ2n) is 4.73. The summed E-state index contributed by atoms with van der Waals surface area (Å²) in [5, 5.41) is 21.1. The van der Waals surface area contributed by atoms with Crippen molar-refractivity contribution < 1.29 is 9.84 Å². The Morgan fingerprint density at radius 1 is 1.47 bits per heavy atom. The van der Waals surface area contributed by atoms with E-state index in [1.54, 1.807) is 6.33 Å². The molecule has 0 saturated carbocycles. The lowest BCUT2D eigenvalue weighted by molar-refractivity contribution is 0.0148. The summed E-state index contributed by atoms with van der Waals surface area (Å²) in [6.07, 6.45) is 1.36. The van der Waals surface area contributed by atoms with E-state index in [4.69, 9.17) is 4.74 Å². The van der Waals surface area contributed by atoms with Crippen LogP contribution in [0.15, 0.2) is 6.33 Å². The molecule has 0 aromatic carbocycles. The molecule has 1 unspecified atom stereocenters. The van der Waals surface area contributed by atoms with Crippen LogP contribution in [0.2, 0.25) is 0 Å². The molecule has 7 heteroatoms. The zero-order valence-corrected chi connectivity index (χ0v) is 11.5. The van der Waals surface area contributed by atoms with Gasteiger partial charge in [-0.2, -0.15) is 0 Å². The Morgan fingerprint density at radius 2 is 2.26 bits per heavy atom. The normalized spacial score (nSPS) is 18.6. The topological polar surface area (TPSA) is 75.4 Å². The Balaban J connectivity index is 1.64. The summed E-state index contributed by atoms with van der Waals surface area (Å²) < 4.78 is 7.27. The molecule has 0 bridgehead atoms. The zero-order valence-electron chi connectivity index (χ0n) is 11.5. The summed E-state index contributed by atoms with van der Waals surface area (Å²) in [7, 11) is 0. The lowest BCUT2D eigenvalue weighted by Crippen LogP contribution is -2.43. The van der Waals surface area contributed by atoms with Crippen LogP contribution in [0.5, 0.6) is 0 Å². The van der Waals surface area contributed by atoms with Crippen molar-refractivity contribution in [1.82, 2.24) is 25.0 Å². The van der Waals surface area contributed by atoms with E-state index in [2.05, 4.69) is 27.3 Å². The van der Waals surface area contributed by atoms with Crippen molar-refractivity contribution in [3.05, 3.63) is 12.2 Å². The molecule has 1 fully saturated rings. The molecule has 0 amide bonds. The first kappa shape index (κ1) is 14.4. The first-order valence-electron chi connectivity index (χ1n) is 6.85. The number of morpholine rings is 1. The minimum atomic E-state index is -0.365. The molecule has 0 aliphatic carbocycles. The predicted octanol–water partition coefficient (Wildman–Crippen LogP) is -0.919. The maximum absolute atomic E-state index is 9.97. The van der Waals surface area contributed by atoms with Crippen molar-refractivity contribution in [2.24, 2.45) is 0 Å². The molecule has 1 aromatic rings. The van der Waals surface area contributed by atoms with Gasteiger partial charge in [-0.05, 0) is 6.92 Å². The van der Waals surface area contributed by atoms with Gasteiger partial charge in [0.15, 0.2) is 0 Å². The summed E-state index contributed by atoms with van der Waals surface area (Å²) in [5.74, 6) is 0.904. The Bertz CT molecular complexity index is 365. The first-order chi connectivity index (χ1) is 9.29. The van der Waals surface area contributed by atoms with Gasteiger partial charge in [-0.1, -0.05) is 0 Å². The average molecular weight is 269 g/mol. The summed E-state index contributed by atoms with van der Waals surface area (Å²) in [6, 6.07) is 0. The van der Waals surface area contributed by atoms with Crippen LogP contribution in [-0.2, 0) is 17.8 Å². The molecule has 0 radical (unpaired) electrons. The monoisotopic (exact) mass is 269 g/mol. The third-order valence-electron chi connectivity index (χ3n) is 3.27. The second-order valence-corrected chi connectivity index (χ2v) is 4.73. The number of aromatic nitrogens is 3. The third kappa shape index (κ3) is 4.54. The van der Waals surface area contributed by atoms with Crippen molar-refractivity contribution in [2.45, 2.75) is 26.1 Å². The van der Waals surface area contributed by atoms with Crippen LogP contribution in [0.4, 0.5) is 0 Å². The first-order valence-corrected chi connectivity index (χ1v) is 6.85. The predicted molar refractivity (Wildman–Crippen MR) is 70.7 cm³/mol. The third-order valence-corrected chi connectivity index (χ3v) is 3.27. The molecule has 1 aliphatic rings. The Kier molecular flexibility index (Phi) is 5.71. The van der Waals surface area contributed by atoms with Crippen molar-refractivity contribution in [3.8, 4) is 0 Å². The highest BCUT2D eigenvalue weighted by Crippen LogP contribution is 1.99. The number of β-amino-alcohol motifs (C(OH)–C–C–N with tert-alkyl or cyclic N) is 1. The van der Waals surface area contributed by atoms with E-state index in [-0.39, 0.29) is 6.10 Å². The highest BCUT2D eigenvalue weighted by molar-refractivity contribution is 4.84. The molecule has 108 valence electrons. The van der Waals surface area contributed by atoms with Gasteiger partial charge in [0.2, 0.25) is 0 Å². The summed E-state index contributed by atoms with van der Waals surface area (Å²) >= 11 is 0. The van der Waals surface area contributed by atoms with Crippen LogP contribution < -0.4 is 5.32 Å². The lowest BCUT2D eigenvalue weighted by Gasteiger charge is -2.28. The van der Waals surface area contributed by atoms with Crippen LogP contribution in [0, 0.1) is 0 Å². The van der Waals surface area contributed by atoms with E-state index >= 15 is 0 Å². The number of aliphatic hydroxyl groups excluding tert-OH is 1. The average Bonchev–Trinajstić information content (AvgIpc) is 2.87. The highest BCUT2D eigenvalue weighted by atomic mass is 16.5. The van der Waals surface area contributed by atoms with Crippen LogP contribution in [0.1, 0.15) is 12.7 Å². The van der Waals surface area contributed by atoms with E-state index < -0.39 is 0 Å². The second kappa shape index (κ2) is 7.54. The fraction of sp³-hybridized carbons (Fsp3) is 0.833. The van der Waals surface area contributed by atoms with Gasteiger partial charge in [-0.25, -0.2) is 0 Å². The van der Waals surface area contributed by atoms with Crippen LogP contribution in [-0.4, -0.2) is 70.3 Å². The summed E-state index contributed by atoms with van der Waals surface area (Å²) in [5.41, 5.74) is 0. The van der Waals surface area contributed by atoms with Gasteiger partial charge in [0.1, 0.15) is 12.2 Å². The fourth-order valence-electron chi connectivity index (χ4n) is 2.18. The smallest absolute Gasteiger partial charge is 0.146 e. The van der Waals surface area contributed by atoms with Gasteiger partial charge in [0.25, 0.3) is 0 Å². The molecule has 1 saturated heterocycles. The SMILES string of the molecule is CCn1cnnc1CNCC(O)CN1CCOCC1. The van der Waals surface area contributed by atoms with E-state index in [0.29, 0.717) is 19.6 Å². The number of ether oxygens (including phenoxy) is 1. The molecule has 2 rings (SSSR count). The molecule has 7 nitrogen and oxygen atoms in total. The van der Waals surface area contributed by atoms with Crippen molar-refractivity contribution in [3.63, 3.8) is 0 Å². The molecule has 19 heavy (non-hydrogen) atoms. The Labute approximate surface area is 113 Å². The van der Waals surface area contributed by atoms with Crippen LogP contribution >= 0.6 is 0 Å². The van der Waals surface area contributed by atoms with E-state index in [1.165, 1.54) is 0 Å². The number of aliphatic hydroxyl groups is 1. The van der Waals surface area contributed by atoms with E-state index in [9.17, 15) is 5.11 Å². The number of nitrogens with zero attached hydrogens (tertiary/aromatic N) is 4. The standard InChI is InChI=1S/C12H23N5O2/c1-2-17-10-14-15-12(17)8-13-7-11(18)9-16-3-5-19-6-4-16/h10-11,13,18H,2-9H2,1H3. The number of nitrogens with one attached hydrogen (secondary N) is 1. The molecular weight excluding hydrogens is 246 g/mol. The van der Waals surface area contributed by atoms with E-state index in [0.717, 1.165) is 38.7 Å². The van der Waals surface area contributed by atoms with Gasteiger partial charge < -0.3 is 19.7 Å². The van der Waals surface area contributed by atoms with Gasteiger partial charge in [0.05, 0.1) is 25.9 Å². The van der Waals surface area contributed by atoms with E-state index in [1.807, 2.05) is 4.57 Å². The maximum atomic E-state index is 9.97.